The maximum atomic E-state index is 11.5. The molecule has 0 spiro atoms. The van der Waals surface area contributed by atoms with Crippen molar-refractivity contribution in [2.24, 2.45) is 0 Å². The Bertz CT molecular complexity index is 420. The van der Waals surface area contributed by atoms with E-state index in [1.807, 2.05) is 33.8 Å². The summed E-state index contributed by atoms with van der Waals surface area (Å²) in [5.74, 6) is 0.143. The lowest BCUT2D eigenvalue weighted by Crippen LogP contribution is -2.27. The summed E-state index contributed by atoms with van der Waals surface area (Å²) < 4.78 is 10.5. The normalized spacial score (nSPS) is 12.9. The van der Waals surface area contributed by atoms with Gasteiger partial charge in [-0.1, -0.05) is 19.1 Å². The molecule has 1 unspecified atom stereocenters. The Morgan fingerprint density at radius 3 is 2.63 bits per heavy atom. The number of carbonyl (C=O) groups excluding carboxylic acids is 1. The molecule has 4 nitrogen and oxygen atoms in total. The van der Waals surface area contributed by atoms with Crippen molar-refractivity contribution >= 4 is 5.97 Å². The summed E-state index contributed by atoms with van der Waals surface area (Å²) in [6.45, 7) is 7.19. The van der Waals surface area contributed by atoms with Crippen LogP contribution in [0.5, 0.6) is 5.75 Å². The molecule has 0 aromatic heterocycles. The molecule has 1 aromatic rings. The van der Waals surface area contributed by atoms with E-state index in [1.54, 1.807) is 18.2 Å². The number of aliphatic hydroxyl groups excluding tert-OH is 1. The van der Waals surface area contributed by atoms with Gasteiger partial charge < -0.3 is 14.6 Å². The zero-order valence-electron chi connectivity index (χ0n) is 12.0. The summed E-state index contributed by atoms with van der Waals surface area (Å²) in [6.07, 6.45) is 0.125. The van der Waals surface area contributed by atoms with Gasteiger partial charge in [0.05, 0.1) is 6.10 Å². The summed E-state index contributed by atoms with van der Waals surface area (Å²) in [5.41, 5.74) is 0.268. The SMILES string of the molecule is CCC(O)c1cccc(OCC(=O)OC(C)(C)C)c1. The first kappa shape index (κ1) is 15.5. The van der Waals surface area contributed by atoms with E-state index in [9.17, 15) is 9.90 Å². The van der Waals surface area contributed by atoms with Crippen LogP contribution in [-0.4, -0.2) is 23.3 Å². The smallest absolute Gasteiger partial charge is 0.344 e. The molecular weight excluding hydrogens is 244 g/mol. The van der Waals surface area contributed by atoms with Crippen LogP contribution in [0.1, 0.15) is 45.8 Å². The predicted octanol–water partition coefficient (Wildman–Crippen LogP) is 2.85. The number of ether oxygens (including phenoxy) is 2. The van der Waals surface area contributed by atoms with Crippen LogP contribution in [0.2, 0.25) is 0 Å². The number of benzene rings is 1. The highest BCUT2D eigenvalue weighted by atomic mass is 16.6. The van der Waals surface area contributed by atoms with Gasteiger partial charge in [-0.25, -0.2) is 4.79 Å². The minimum absolute atomic E-state index is 0.136. The number of hydrogen-bond acceptors (Lipinski definition) is 4. The molecule has 0 saturated carbocycles. The molecule has 1 atom stereocenters. The number of esters is 1. The third-order valence-electron chi connectivity index (χ3n) is 2.41. The average Bonchev–Trinajstić information content (AvgIpc) is 2.34. The Morgan fingerprint density at radius 1 is 1.37 bits per heavy atom. The van der Waals surface area contributed by atoms with Crippen LogP contribution in [0, 0.1) is 0 Å². The minimum Gasteiger partial charge on any atom is -0.482 e. The number of rotatable bonds is 5. The largest absolute Gasteiger partial charge is 0.482 e. The van der Waals surface area contributed by atoms with E-state index in [0.29, 0.717) is 12.2 Å². The maximum Gasteiger partial charge on any atom is 0.344 e. The fourth-order valence-corrected chi connectivity index (χ4v) is 1.56. The summed E-state index contributed by atoms with van der Waals surface area (Å²) in [4.78, 5) is 11.5. The molecular formula is C15H22O4. The van der Waals surface area contributed by atoms with Crippen LogP contribution in [0.4, 0.5) is 0 Å². The second-order valence-electron chi connectivity index (χ2n) is 5.37. The Kier molecular flexibility index (Phi) is 5.36. The molecule has 0 aliphatic carbocycles. The van der Waals surface area contributed by atoms with Crippen molar-refractivity contribution in [3.63, 3.8) is 0 Å². The van der Waals surface area contributed by atoms with Gasteiger partial charge in [-0.15, -0.1) is 0 Å². The van der Waals surface area contributed by atoms with Gasteiger partial charge in [-0.05, 0) is 44.9 Å². The van der Waals surface area contributed by atoms with E-state index in [1.165, 1.54) is 0 Å². The van der Waals surface area contributed by atoms with Crippen molar-refractivity contribution in [3.8, 4) is 5.75 Å². The van der Waals surface area contributed by atoms with Crippen LogP contribution in [0.15, 0.2) is 24.3 Å². The van der Waals surface area contributed by atoms with Crippen molar-refractivity contribution in [3.05, 3.63) is 29.8 Å². The van der Waals surface area contributed by atoms with Gasteiger partial charge in [0.2, 0.25) is 0 Å². The second kappa shape index (κ2) is 6.57. The summed E-state index contributed by atoms with van der Waals surface area (Å²) in [6, 6.07) is 7.10. The van der Waals surface area contributed by atoms with E-state index < -0.39 is 17.7 Å². The molecule has 0 fully saturated rings. The molecule has 106 valence electrons. The Labute approximate surface area is 114 Å². The first-order valence-electron chi connectivity index (χ1n) is 6.44. The highest BCUT2D eigenvalue weighted by molar-refractivity contribution is 5.71. The fraction of sp³-hybridized carbons (Fsp3) is 0.533. The fourth-order valence-electron chi connectivity index (χ4n) is 1.56. The van der Waals surface area contributed by atoms with Crippen molar-refractivity contribution < 1.29 is 19.4 Å². The molecule has 0 radical (unpaired) electrons. The van der Waals surface area contributed by atoms with Crippen molar-refractivity contribution in [2.75, 3.05) is 6.61 Å². The topological polar surface area (TPSA) is 55.8 Å². The monoisotopic (exact) mass is 266 g/mol. The van der Waals surface area contributed by atoms with E-state index in [2.05, 4.69) is 0 Å². The van der Waals surface area contributed by atoms with Crippen molar-refractivity contribution in [1.29, 1.82) is 0 Å². The van der Waals surface area contributed by atoms with Gasteiger partial charge in [0.1, 0.15) is 11.4 Å². The number of carbonyl (C=O) groups is 1. The second-order valence-corrected chi connectivity index (χ2v) is 5.37. The third kappa shape index (κ3) is 5.75. The molecule has 0 amide bonds. The third-order valence-corrected chi connectivity index (χ3v) is 2.41. The van der Waals surface area contributed by atoms with Crippen LogP contribution >= 0.6 is 0 Å². The Morgan fingerprint density at radius 2 is 2.05 bits per heavy atom. The van der Waals surface area contributed by atoms with Crippen molar-refractivity contribution in [1.82, 2.24) is 0 Å². The van der Waals surface area contributed by atoms with Gasteiger partial charge in [-0.2, -0.15) is 0 Å². The first-order valence-corrected chi connectivity index (χ1v) is 6.44. The Balaban J connectivity index is 2.56. The van der Waals surface area contributed by atoms with E-state index in [-0.39, 0.29) is 6.61 Å². The van der Waals surface area contributed by atoms with Crippen LogP contribution in [0.3, 0.4) is 0 Å². The van der Waals surface area contributed by atoms with Gasteiger partial charge in [0.25, 0.3) is 0 Å². The standard InChI is InChI=1S/C15H22O4/c1-5-13(16)11-7-6-8-12(9-11)18-10-14(17)19-15(2,3)4/h6-9,13,16H,5,10H2,1-4H3. The zero-order chi connectivity index (χ0) is 14.5. The summed E-state index contributed by atoms with van der Waals surface area (Å²) in [7, 11) is 0. The lowest BCUT2D eigenvalue weighted by Gasteiger charge is -2.19. The number of aliphatic hydroxyl groups is 1. The minimum atomic E-state index is -0.513. The van der Waals surface area contributed by atoms with Crippen molar-refractivity contribution in [2.45, 2.75) is 45.8 Å². The maximum absolute atomic E-state index is 11.5. The average molecular weight is 266 g/mol. The van der Waals surface area contributed by atoms with Gasteiger partial charge in [-0.3, -0.25) is 0 Å². The lowest BCUT2D eigenvalue weighted by molar-refractivity contribution is -0.157. The van der Waals surface area contributed by atoms with E-state index >= 15 is 0 Å². The molecule has 0 bridgehead atoms. The number of hydrogen-bond donors (Lipinski definition) is 1. The quantitative estimate of drug-likeness (QED) is 0.833. The highest BCUT2D eigenvalue weighted by Crippen LogP contribution is 2.21. The lowest BCUT2D eigenvalue weighted by atomic mass is 10.1. The highest BCUT2D eigenvalue weighted by Gasteiger charge is 2.16. The van der Waals surface area contributed by atoms with Gasteiger partial charge in [0.15, 0.2) is 6.61 Å². The van der Waals surface area contributed by atoms with Crippen LogP contribution in [0.25, 0.3) is 0 Å². The zero-order valence-corrected chi connectivity index (χ0v) is 12.0. The van der Waals surface area contributed by atoms with E-state index in [0.717, 1.165) is 5.56 Å². The molecule has 0 aliphatic heterocycles. The summed E-state index contributed by atoms with van der Waals surface area (Å²) >= 11 is 0. The molecule has 1 N–H and O–H groups in total. The van der Waals surface area contributed by atoms with E-state index in [4.69, 9.17) is 9.47 Å². The molecule has 0 aliphatic rings. The molecule has 1 aromatic carbocycles. The predicted molar refractivity (Wildman–Crippen MR) is 73.0 cm³/mol. The molecule has 4 heteroatoms. The molecule has 0 saturated heterocycles. The summed E-state index contributed by atoms with van der Waals surface area (Å²) in [5, 5.41) is 9.74. The van der Waals surface area contributed by atoms with Gasteiger partial charge in [0, 0.05) is 0 Å². The van der Waals surface area contributed by atoms with Crippen LogP contribution in [-0.2, 0) is 9.53 Å². The molecule has 19 heavy (non-hydrogen) atoms. The van der Waals surface area contributed by atoms with Gasteiger partial charge >= 0.3 is 5.97 Å². The van der Waals surface area contributed by atoms with Crippen LogP contribution < -0.4 is 4.74 Å². The molecule has 1 rings (SSSR count). The molecule has 0 heterocycles. The first-order chi connectivity index (χ1) is 8.81. The Hall–Kier alpha value is -1.55.